The molecule has 0 aromatic rings. The summed E-state index contributed by atoms with van der Waals surface area (Å²) in [5, 5.41) is 21.0. The second kappa shape index (κ2) is 9.77. The van der Waals surface area contributed by atoms with Crippen LogP contribution in [-0.4, -0.2) is 42.0 Å². The lowest BCUT2D eigenvalue weighted by Crippen LogP contribution is -2.54. The largest absolute Gasteiger partial charge is 0.397 e. The van der Waals surface area contributed by atoms with Crippen molar-refractivity contribution in [3.05, 3.63) is 11.6 Å². The van der Waals surface area contributed by atoms with Gasteiger partial charge in [-0.05, 0) is 103 Å². The highest BCUT2D eigenvalue weighted by atomic mass is 32.3. The van der Waals surface area contributed by atoms with Gasteiger partial charge in [-0.25, -0.2) is 4.18 Å². The fraction of sp³-hybridized carbons (Fsp3) is 0.926. The van der Waals surface area contributed by atoms with Crippen molar-refractivity contribution in [1.82, 2.24) is 0 Å². The summed E-state index contributed by atoms with van der Waals surface area (Å²) in [6, 6.07) is 0. The topological polar surface area (TPSA) is 104 Å². The van der Waals surface area contributed by atoms with Crippen LogP contribution in [-0.2, 0) is 14.6 Å². The van der Waals surface area contributed by atoms with Gasteiger partial charge in [0, 0.05) is 0 Å². The molecule has 34 heavy (non-hydrogen) atoms. The minimum atomic E-state index is -4.44. The van der Waals surface area contributed by atoms with Gasteiger partial charge in [-0.2, -0.15) is 8.42 Å². The van der Waals surface area contributed by atoms with Gasteiger partial charge >= 0.3 is 10.4 Å². The van der Waals surface area contributed by atoms with E-state index in [0.717, 1.165) is 63.4 Å². The summed E-state index contributed by atoms with van der Waals surface area (Å²) < 4.78 is 37.0. The first kappa shape index (κ1) is 26.6. The molecule has 0 aliphatic heterocycles. The molecular formula is C27H46O6S. The molecule has 9 atom stereocenters. The van der Waals surface area contributed by atoms with Crippen LogP contribution < -0.4 is 0 Å². The maximum atomic E-state index is 11.4. The van der Waals surface area contributed by atoms with Crippen molar-refractivity contribution >= 4 is 10.4 Å². The number of rotatable bonds is 8. The summed E-state index contributed by atoms with van der Waals surface area (Å²) in [6.45, 7) is 9.24. The van der Waals surface area contributed by atoms with Gasteiger partial charge in [-0.3, -0.25) is 4.55 Å². The van der Waals surface area contributed by atoms with E-state index in [2.05, 4.69) is 33.8 Å². The summed E-state index contributed by atoms with van der Waals surface area (Å²) in [7, 11) is -4.44. The molecule has 3 saturated carbocycles. The lowest BCUT2D eigenvalue weighted by molar-refractivity contribution is -0.0824. The second-order valence-electron chi connectivity index (χ2n) is 12.8. The average Bonchev–Trinajstić information content (AvgIpc) is 3.10. The molecule has 0 aromatic heterocycles. The molecule has 4 aliphatic rings. The van der Waals surface area contributed by atoms with Crippen molar-refractivity contribution in [2.24, 2.45) is 46.3 Å². The van der Waals surface area contributed by atoms with Crippen LogP contribution in [0.1, 0.15) is 91.9 Å². The highest BCUT2D eigenvalue weighted by Crippen LogP contribution is 2.67. The summed E-state index contributed by atoms with van der Waals surface area (Å²) in [4.78, 5) is 0. The molecule has 0 heterocycles. The first-order valence-corrected chi connectivity index (χ1v) is 14.9. The number of aliphatic hydroxyl groups excluding tert-OH is 2. The summed E-state index contributed by atoms with van der Waals surface area (Å²) in [6.07, 6.45) is 11.0. The van der Waals surface area contributed by atoms with E-state index in [1.807, 2.05) is 0 Å². The van der Waals surface area contributed by atoms with Gasteiger partial charge in [0.05, 0.1) is 12.7 Å². The van der Waals surface area contributed by atoms with Crippen LogP contribution in [0.5, 0.6) is 0 Å². The van der Waals surface area contributed by atoms with Crippen LogP contribution >= 0.6 is 0 Å². The zero-order chi connectivity index (χ0) is 24.9. The quantitative estimate of drug-likeness (QED) is 0.315. The minimum Gasteiger partial charge on any atom is -0.390 e. The van der Waals surface area contributed by atoms with Gasteiger partial charge in [0.1, 0.15) is 6.10 Å². The van der Waals surface area contributed by atoms with Crippen LogP contribution in [0.3, 0.4) is 0 Å². The van der Waals surface area contributed by atoms with Crippen molar-refractivity contribution in [1.29, 1.82) is 0 Å². The molecule has 196 valence electrons. The molecule has 3 fully saturated rings. The maximum Gasteiger partial charge on any atom is 0.397 e. The molecule has 0 bridgehead atoms. The zero-order valence-corrected chi connectivity index (χ0v) is 22.3. The molecule has 4 aliphatic carbocycles. The van der Waals surface area contributed by atoms with Crippen LogP contribution in [0.2, 0.25) is 0 Å². The Morgan fingerprint density at radius 1 is 1.06 bits per heavy atom. The summed E-state index contributed by atoms with van der Waals surface area (Å²) >= 11 is 0. The lowest BCUT2D eigenvalue weighted by atomic mass is 9.46. The molecule has 0 saturated heterocycles. The van der Waals surface area contributed by atoms with Crippen molar-refractivity contribution < 1.29 is 27.4 Å². The Morgan fingerprint density at radius 3 is 2.47 bits per heavy atom. The van der Waals surface area contributed by atoms with Crippen molar-refractivity contribution in [2.45, 2.75) is 104 Å². The van der Waals surface area contributed by atoms with Gasteiger partial charge in [0.2, 0.25) is 0 Å². The van der Waals surface area contributed by atoms with Crippen molar-refractivity contribution in [3.63, 3.8) is 0 Å². The number of allylic oxidation sites excluding steroid dienone is 1. The standard InChI is InChI=1S/C27H46O6S/c1-17(2)6-5-7-18(16-33-34(30,31)32)20-10-11-21-19-8-9-23-25(29)24(28)13-15-27(23,4)22(19)12-14-26(20,21)3/h9,17-22,24-25,28-29H,5-8,10-16H2,1-4H3,(H,30,31,32). The number of aliphatic hydroxyl groups is 2. The third kappa shape index (κ3) is 4.89. The van der Waals surface area contributed by atoms with Crippen LogP contribution in [0.25, 0.3) is 0 Å². The van der Waals surface area contributed by atoms with Gasteiger partial charge in [-0.15, -0.1) is 0 Å². The molecule has 7 heteroatoms. The van der Waals surface area contributed by atoms with E-state index in [9.17, 15) is 23.2 Å². The fourth-order valence-electron chi connectivity index (χ4n) is 8.90. The van der Waals surface area contributed by atoms with E-state index >= 15 is 0 Å². The van der Waals surface area contributed by atoms with E-state index in [0.29, 0.717) is 36.0 Å². The Hall–Kier alpha value is -0.470. The van der Waals surface area contributed by atoms with Crippen LogP contribution in [0, 0.1) is 46.3 Å². The second-order valence-corrected chi connectivity index (χ2v) is 13.9. The first-order chi connectivity index (χ1) is 15.9. The minimum absolute atomic E-state index is 0.0360. The maximum absolute atomic E-state index is 11.4. The Balaban J connectivity index is 1.55. The SMILES string of the molecule is CC(C)CCCC(COS(=O)(=O)O)C1CCC2C3CC=C4C(O)C(O)CCC4(C)C3CCC12C. The molecule has 0 aromatic carbocycles. The van der Waals surface area contributed by atoms with Crippen molar-refractivity contribution in [2.75, 3.05) is 6.61 Å². The molecular weight excluding hydrogens is 452 g/mol. The zero-order valence-electron chi connectivity index (χ0n) is 21.4. The molecule has 6 nitrogen and oxygen atoms in total. The Bertz CT molecular complexity index is 868. The van der Waals surface area contributed by atoms with E-state index in [-0.39, 0.29) is 23.4 Å². The smallest absolute Gasteiger partial charge is 0.390 e. The molecule has 0 amide bonds. The van der Waals surface area contributed by atoms with Gasteiger partial charge < -0.3 is 10.2 Å². The third-order valence-corrected chi connectivity index (χ3v) is 11.0. The van der Waals surface area contributed by atoms with E-state index < -0.39 is 22.6 Å². The lowest BCUT2D eigenvalue weighted by Gasteiger charge is -2.59. The highest BCUT2D eigenvalue weighted by Gasteiger charge is 2.60. The molecule has 4 rings (SSSR count). The Kier molecular flexibility index (Phi) is 7.64. The molecule has 0 spiro atoms. The van der Waals surface area contributed by atoms with E-state index in [1.165, 1.54) is 0 Å². The first-order valence-electron chi connectivity index (χ1n) is 13.6. The Morgan fingerprint density at radius 2 is 1.79 bits per heavy atom. The number of fused-ring (bicyclic) bond motifs is 5. The summed E-state index contributed by atoms with van der Waals surface area (Å²) in [5.41, 5.74) is 1.17. The van der Waals surface area contributed by atoms with Crippen molar-refractivity contribution in [3.8, 4) is 0 Å². The number of hydrogen-bond acceptors (Lipinski definition) is 5. The van der Waals surface area contributed by atoms with E-state index in [4.69, 9.17) is 4.18 Å². The molecule has 9 unspecified atom stereocenters. The predicted molar refractivity (Wildman–Crippen MR) is 132 cm³/mol. The van der Waals surface area contributed by atoms with Gasteiger partial charge in [0.25, 0.3) is 0 Å². The fourth-order valence-corrected chi connectivity index (χ4v) is 9.24. The van der Waals surface area contributed by atoms with Gasteiger partial charge in [-0.1, -0.05) is 46.6 Å². The summed E-state index contributed by atoms with van der Waals surface area (Å²) in [5.74, 6) is 2.80. The monoisotopic (exact) mass is 498 g/mol. The molecule has 3 N–H and O–H groups in total. The third-order valence-electron chi connectivity index (χ3n) is 10.6. The Labute approximate surface area is 206 Å². The normalized spacial score (nSPS) is 43.1. The van der Waals surface area contributed by atoms with Gasteiger partial charge in [0.15, 0.2) is 0 Å². The predicted octanol–water partition coefficient (Wildman–Crippen LogP) is 5.16. The number of hydrogen-bond donors (Lipinski definition) is 3. The molecule has 0 radical (unpaired) electrons. The highest BCUT2D eigenvalue weighted by molar-refractivity contribution is 7.80. The van der Waals surface area contributed by atoms with Crippen LogP contribution in [0.15, 0.2) is 11.6 Å². The average molecular weight is 499 g/mol. The van der Waals surface area contributed by atoms with Crippen LogP contribution in [0.4, 0.5) is 0 Å². The van der Waals surface area contributed by atoms with E-state index in [1.54, 1.807) is 0 Å².